The van der Waals surface area contributed by atoms with Gasteiger partial charge >= 0.3 is 0 Å². The molecule has 0 unspecified atom stereocenters. The summed E-state index contributed by atoms with van der Waals surface area (Å²) in [6.07, 6.45) is 0. The second-order valence-electron chi connectivity index (χ2n) is 4.07. The van der Waals surface area contributed by atoms with Gasteiger partial charge in [0.1, 0.15) is 4.21 Å². The molecule has 0 amide bonds. The maximum Gasteiger partial charge on any atom is 0.252 e. The lowest BCUT2D eigenvalue weighted by Gasteiger charge is -2.19. The lowest BCUT2D eigenvalue weighted by molar-refractivity contribution is 0.135. The van der Waals surface area contributed by atoms with Crippen molar-refractivity contribution in [3.05, 3.63) is 16.5 Å². The van der Waals surface area contributed by atoms with E-state index in [2.05, 4.69) is 0 Å². The van der Waals surface area contributed by atoms with Crippen LogP contribution in [0.3, 0.4) is 0 Å². The average Bonchev–Trinajstić information content (AvgIpc) is 2.76. The summed E-state index contributed by atoms with van der Waals surface area (Å²) in [7, 11) is -3.43. The smallest absolute Gasteiger partial charge is 0.252 e. The zero-order valence-electron chi connectivity index (χ0n) is 11.7. The fourth-order valence-corrected chi connectivity index (χ4v) is 4.76. The van der Waals surface area contributed by atoms with Crippen LogP contribution in [-0.4, -0.2) is 39.0 Å². The quantitative estimate of drug-likeness (QED) is 0.740. The van der Waals surface area contributed by atoms with Gasteiger partial charge in [-0.05, 0) is 25.5 Å². The third-order valence-corrected chi connectivity index (χ3v) is 6.50. The van der Waals surface area contributed by atoms with Gasteiger partial charge in [0, 0.05) is 31.1 Å². The molecule has 2 N–H and O–H groups in total. The van der Waals surface area contributed by atoms with Crippen molar-refractivity contribution in [3.8, 4) is 0 Å². The van der Waals surface area contributed by atoms with Crippen LogP contribution in [0.1, 0.15) is 24.3 Å². The molecule has 1 aromatic heterocycles. The molecule has 0 fully saturated rings. The molecule has 0 aliphatic heterocycles. The number of ether oxygens (including phenoxy) is 1. The minimum atomic E-state index is -3.43. The van der Waals surface area contributed by atoms with Crippen LogP contribution in [0.25, 0.3) is 0 Å². The molecule has 0 aliphatic rings. The highest BCUT2D eigenvalue weighted by Gasteiger charge is 2.25. The van der Waals surface area contributed by atoms with Gasteiger partial charge in [0.25, 0.3) is 10.0 Å². The van der Waals surface area contributed by atoms with Crippen molar-refractivity contribution in [2.75, 3.05) is 26.3 Å². The Labute approximate surface area is 119 Å². The number of sulfonamides is 1. The normalized spacial score (nSPS) is 12.3. The molecule has 0 spiro atoms. The molecular weight excluding hydrogens is 284 g/mol. The molecule has 0 atom stereocenters. The maximum absolute atomic E-state index is 12.5. The van der Waals surface area contributed by atoms with Crippen LogP contribution in [0.15, 0.2) is 10.3 Å². The van der Waals surface area contributed by atoms with Crippen molar-refractivity contribution in [2.24, 2.45) is 5.73 Å². The topological polar surface area (TPSA) is 72.6 Å². The Kier molecular flexibility index (Phi) is 6.41. The van der Waals surface area contributed by atoms with Crippen molar-refractivity contribution in [1.29, 1.82) is 0 Å². The molecular formula is C12H22N2O3S2. The molecule has 0 aliphatic carbocycles. The monoisotopic (exact) mass is 306 g/mol. The summed E-state index contributed by atoms with van der Waals surface area (Å²) in [6.45, 7) is 7.79. The van der Waals surface area contributed by atoms with Crippen LogP contribution in [0, 0.1) is 6.92 Å². The molecule has 0 saturated carbocycles. The molecule has 1 rings (SSSR count). The highest BCUT2D eigenvalue weighted by molar-refractivity contribution is 7.91. The molecule has 0 aromatic carbocycles. The molecule has 19 heavy (non-hydrogen) atoms. The molecule has 5 nitrogen and oxygen atoms in total. The summed E-state index contributed by atoms with van der Waals surface area (Å²) in [5, 5.41) is 0. The fourth-order valence-electron chi connectivity index (χ4n) is 1.70. The van der Waals surface area contributed by atoms with Gasteiger partial charge in [-0.15, -0.1) is 11.3 Å². The number of nitrogens with zero attached hydrogens (tertiary/aromatic N) is 1. The van der Waals surface area contributed by atoms with Crippen molar-refractivity contribution in [3.63, 3.8) is 0 Å². The van der Waals surface area contributed by atoms with Gasteiger partial charge < -0.3 is 10.5 Å². The first-order valence-corrected chi connectivity index (χ1v) is 8.60. The fraction of sp³-hybridized carbons (Fsp3) is 0.667. The van der Waals surface area contributed by atoms with E-state index in [9.17, 15) is 8.42 Å². The highest BCUT2D eigenvalue weighted by Crippen LogP contribution is 2.28. The van der Waals surface area contributed by atoms with E-state index in [-0.39, 0.29) is 0 Å². The first-order chi connectivity index (χ1) is 8.97. The van der Waals surface area contributed by atoms with Gasteiger partial charge in [-0.3, -0.25) is 0 Å². The maximum atomic E-state index is 12.5. The second-order valence-corrected chi connectivity index (χ2v) is 7.37. The highest BCUT2D eigenvalue weighted by atomic mass is 32.2. The Balaban J connectivity index is 2.92. The standard InChI is InChI=1S/C12H22N2O3S2/c1-4-14(6-7-17-5-2)19(15,16)12-8-10(3)11(9-13)18-12/h8H,4-7,9,13H2,1-3H3. The van der Waals surface area contributed by atoms with E-state index in [1.54, 1.807) is 6.07 Å². The Bertz CT molecular complexity index is 497. The first kappa shape index (κ1) is 16.6. The van der Waals surface area contributed by atoms with Crippen LogP contribution in [-0.2, 0) is 21.3 Å². The van der Waals surface area contributed by atoms with Crippen LogP contribution in [0.5, 0.6) is 0 Å². The largest absolute Gasteiger partial charge is 0.380 e. The van der Waals surface area contributed by atoms with E-state index in [0.717, 1.165) is 10.4 Å². The van der Waals surface area contributed by atoms with E-state index in [1.165, 1.54) is 15.6 Å². The van der Waals surface area contributed by atoms with Gasteiger partial charge in [0.15, 0.2) is 0 Å². The van der Waals surface area contributed by atoms with Crippen molar-refractivity contribution < 1.29 is 13.2 Å². The SMILES string of the molecule is CCOCCN(CC)S(=O)(=O)c1cc(C)c(CN)s1. The minimum absolute atomic E-state index is 0.365. The summed E-state index contributed by atoms with van der Waals surface area (Å²) in [5.41, 5.74) is 6.53. The van der Waals surface area contributed by atoms with E-state index in [4.69, 9.17) is 10.5 Å². The predicted octanol–water partition coefficient (Wildman–Crippen LogP) is 1.56. The zero-order valence-corrected chi connectivity index (χ0v) is 13.3. The summed E-state index contributed by atoms with van der Waals surface area (Å²) >= 11 is 1.25. The Morgan fingerprint density at radius 1 is 1.42 bits per heavy atom. The first-order valence-electron chi connectivity index (χ1n) is 6.34. The number of hydrogen-bond acceptors (Lipinski definition) is 5. The molecule has 0 saturated heterocycles. The lowest BCUT2D eigenvalue weighted by atomic mass is 10.3. The third kappa shape index (κ3) is 4.00. The number of hydrogen-bond donors (Lipinski definition) is 1. The van der Waals surface area contributed by atoms with Crippen molar-refractivity contribution in [2.45, 2.75) is 31.5 Å². The summed E-state index contributed by atoms with van der Waals surface area (Å²) < 4.78 is 32.0. The van der Waals surface area contributed by atoms with Gasteiger partial charge in [-0.25, -0.2) is 8.42 Å². The minimum Gasteiger partial charge on any atom is -0.380 e. The van der Waals surface area contributed by atoms with Gasteiger partial charge in [0.2, 0.25) is 0 Å². The molecule has 0 bridgehead atoms. The van der Waals surface area contributed by atoms with Gasteiger partial charge in [-0.2, -0.15) is 4.31 Å². The summed E-state index contributed by atoms with van der Waals surface area (Å²) in [5.74, 6) is 0. The Morgan fingerprint density at radius 2 is 2.11 bits per heavy atom. The van der Waals surface area contributed by atoms with Crippen LogP contribution in [0.4, 0.5) is 0 Å². The molecule has 1 aromatic rings. The van der Waals surface area contributed by atoms with Crippen molar-refractivity contribution in [1.82, 2.24) is 4.31 Å². The van der Waals surface area contributed by atoms with Crippen LogP contribution < -0.4 is 5.73 Å². The molecule has 1 heterocycles. The predicted molar refractivity (Wildman–Crippen MR) is 77.9 cm³/mol. The lowest BCUT2D eigenvalue weighted by Crippen LogP contribution is -2.33. The molecule has 7 heteroatoms. The van der Waals surface area contributed by atoms with E-state index >= 15 is 0 Å². The van der Waals surface area contributed by atoms with Gasteiger partial charge in [-0.1, -0.05) is 6.92 Å². The van der Waals surface area contributed by atoms with Crippen LogP contribution in [0.2, 0.25) is 0 Å². The van der Waals surface area contributed by atoms with Crippen LogP contribution >= 0.6 is 11.3 Å². The number of likely N-dealkylation sites (N-methyl/N-ethyl adjacent to an activating group) is 1. The van der Waals surface area contributed by atoms with E-state index in [0.29, 0.717) is 37.1 Å². The Morgan fingerprint density at radius 3 is 2.58 bits per heavy atom. The number of rotatable bonds is 8. The van der Waals surface area contributed by atoms with E-state index in [1.807, 2.05) is 20.8 Å². The molecule has 0 radical (unpaired) electrons. The number of thiophene rings is 1. The zero-order chi connectivity index (χ0) is 14.5. The van der Waals surface area contributed by atoms with Gasteiger partial charge in [0.05, 0.1) is 6.61 Å². The summed E-state index contributed by atoms with van der Waals surface area (Å²) in [4.78, 5) is 0.916. The number of nitrogens with two attached hydrogens (primary N) is 1. The average molecular weight is 306 g/mol. The van der Waals surface area contributed by atoms with E-state index < -0.39 is 10.0 Å². The number of aryl methyl sites for hydroxylation is 1. The third-order valence-electron chi connectivity index (χ3n) is 2.82. The van der Waals surface area contributed by atoms with Crippen molar-refractivity contribution >= 4 is 21.4 Å². The Hall–Kier alpha value is -0.470. The second kappa shape index (κ2) is 7.35. The molecule has 110 valence electrons. The summed E-state index contributed by atoms with van der Waals surface area (Å²) in [6, 6.07) is 1.70.